The predicted molar refractivity (Wildman–Crippen MR) is 124 cm³/mol. The molecule has 170 valence electrons. The summed E-state index contributed by atoms with van der Waals surface area (Å²) in [7, 11) is 1.55. The van der Waals surface area contributed by atoms with Gasteiger partial charge in [-0.3, -0.25) is 4.79 Å². The maximum atomic E-state index is 13.1. The summed E-state index contributed by atoms with van der Waals surface area (Å²) in [5.74, 6) is -0.108. The monoisotopic (exact) mass is 448 g/mol. The first-order valence-corrected chi connectivity index (χ1v) is 10.6. The summed E-state index contributed by atoms with van der Waals surface area (Å²) < 4.78 is 24.3. The van der Waals surface area contributed by atoms with Gasteiger partial charge in [-0.05, 0) is 47.0 Å². The van der Waals surface area contributed by atoms with Crippen LogP contribution >= 0.6 is 0 Å². The topological polar surface area (TPSA) is 83.6 Å². The molecule has 0 aliphatic carbocycles. The first kappa shape index (κ1) is 22.4. The van der Waals surface area contributed by atoms with Crippen molar-refractivity contribution in [2.45, 2.75) is 25.6 Å². The van der Waals surface area contributed by atoms with Crippen LogP contribution in [-0.2, 0) is 24.4 Å². The molecule has 0 amide bonds. The lowest BCUT2D eigenvalue weighted by Crippen LogP contribution is -2.38. The Morgan fingerprint density at radius 1 is 1.06 bits per heavy atom. The van der Waals surface area contributed by atoms with Crippen LogP contribution in [-0.4, -0.2) is 29.2 Å². The fraction of sp³-hybridized carbons (Fsp3) is 0.192. The minimum absolute atomic E-state index is 0.278. The Hall–Kier alpha value is -3.84. The summed E-state index contributed by atoms with van der Waals surface area (Å²) in [6.45, 7) is 0.633. The minimum Gasteiger partial charge on any atom is -0.493 e. The third-order valence-electron chi connectivity index (χ3n) is 5.49. The van der Waals surface area contributed by atoms with Gasteiger partial charge in [0, 0.05) is 30.1 Å². The standard InChI is InChI=1S/C26H25FN2O4/c1-32-25-12-18(8-11-24(25)33-16-17-6-9-20(27)10-7-17)14-28-23(26(30)31)13-19-15-29-22-5-3-2-4-21(19)22/h2-12,15,23,28-29H,13-14,16H2,1H3,(H,30,31)/t23-/m1/s1. The van der Waals surface area contributed by atoms with Gasteiger partial charge in [-0.25, -0.2) is 4.39 Å². The van der Waals surface area contributed by atoms with Crippen LogP contribution in [0.15, 0.2) is 72.9 Å². The maximum absolute atomic E-state index is 13.1. The number of H-pyrrole nitrogens is 1. The van der Waals surface area contributed by atoms with Gasteiger partial charge in [-0.15, -0.1) is 0 Å². The van der Waals surface area contributed by atoms with Gasteiger partial charge in [0.2, 0.25) is 0 Å². The lowest BCUT2D eigenvalue weighted by atomic mass is 10.0. The largest absolute Gasteiger partial charge is 0.493 e. The summed E-state index contributed by atoms with van der Waals surface area (Å²) in [5, 5.41) is 13.9. The molecule has 1 heterocycles. The molecule has 0 saturated heterocycles. The number of aromatic nitrogens is 1. The second-order valence-corrected chi connectivity index (χ2v) is 7.74. The highest BCUT2D eigenvalue weighted by molar-refractivity contribution is 5.84. The third-order valence-corrected chi connectivity index (χ3v) is 5.49. The first-order valence-electron chi connectivity index (χ1n) is 10.6. The zero-order valence-electron chi connectivity index (χ0n) is 18.2. The number of carbonyl (C=O) groups is 1. The van der Waals surface area contributed by atoms with Crippen molar-refractivity contribution >= 4 is 16.9 Å². The van der Waals surface area contributed by atoms with Crippen LogP contribution in [0, 0.1) is 5.82 Å². The van der Waals surface area contributed by atoms with E-state index in [1.807, 2.05) is 42.6 Å². The number of methoxy groups -OCH3 is 1. The number of nitrogens with one attached hydrogen (secondary N) is 2. The molecule has 0 unspecified atom stereocenters. The van der Waals surface area contributed by atoms with E-state index in [1.54, 1.807) is 25.3 Å². The van der Waals surface area contributed by atoms with E-state index in [2.05, 4.69) is 10.3 Å². The molecule has 4 aromatic rings. The highest BCUT2D eigenvalue weighted by Gasteiger charge is 2.19. The predicted octanol–water partition coefficient (Wildman–Crippen LogP) is 4.68. The second kappa shape index (κ2) is 10.2. The zero-order valence-corrected chi connectivity index (χ0v) is 18.2. The Labute approximate surface area is 191 Å². The number of halogens is 1. The number of carboxylic acids is 1. The van der Waals surface area contributed by atoms with Gasteiger partial charge in [0.1, 0.15) is 18.5 Å². The summed E-state index contributed by atoms with van der Waals surface area (Å²) in [6, 6.07) is 18.7. The number of benzene rings is 3. The highest BCUT2D eigenvalue weighted by Crippen LogP contribution is 2.29. The lowest BCUT2D eigenvalue weighted by Gasteiger charge is -2.16. The molecular formula is C26H25FN2O4. The molecule has 0 bridgehead atoms. The molecule has 3 aromatic carbocycles. The molecule has 1 aromatic heterocycles. The lowest BCUT2D eigenvalue weighted by molar-refractivity contribution is -0.139. The van der Waals surface area contributed by atoms with Crippen molar-refractivity contribution < 1.29 is 23.8 Å². The number of hydrogen-bond acceptors (Lipinski definition) is 4. The number of ether oxygens (including phenoxy) is 2. The highest BCUT2D eigenvalue weighted by atomic mass is 19.1. The molecule has 0 radical (unpaired) electrons. The van der Waals surface area contributed by atoms with E-state index in [0.717, 1.165) is 27.6 Å². The molecule has 7 heteroatoms. The first-order chi connectivity index (χ1) is 16.0. The Morgan fingerprint density at radius 2 is 1.82 bits per heavy atom. The molecule has 6 nitrogen and oxygen atoms in total. The molecule has 0 saturated carbocycles. The van der Waals surface area contributed by atoms with E-state index in [0.29, 0.717) is 24.5 Å². The Morgan fingerprint density at radius 3 is 2.58 bits per heavy atom. The maximum Gasteiger partial charge on any atom is 0.321 e. The van der Waals surface area contributed by atoms with Crippen molar-refractivity contribution in [1.29, 1.82) is 0 Å². The van der Waals surface area contributed by atoms with Crippen LogP contribution in [0.1, 0.15) is 16.7 Å². The van der Waals surface area contributed by atoms with Crippen molar-refractivity contribution in [3.05, 3.63) is 95.4 Å². The average molecular weight is 448 g/mol. The van der Waals surface area contributed by atoms with Crippen molar-refractivity contribution in [2.24, 2.45) is 0 Å². The number of para-hydroxylation sites is 1. The van der Waals surface area contributed by atoms with Crippen LogP contribution in [0.3, 0.4) is 0 Å². The van der Waals surface area contributed by atoms with E-state index in [1.165, 1.54) is 12.1 Å². The molecule has 0 aliphatic heterocycles. The normalized spacial score (nSPS) is 11.9. The van der Waals surface area contributed by atoms with E-state index >= 15 is 0 Å². The Kier molecular flexibility index (Phi) is 6.90. The molecule has 0 aliphatic rings. The summed E-state index contributed by atoms with van der Waals surface area (Å²) in [5.41, 5.74) is 3.64. The van der Waals surface area contributed by atoms with Gasteiger partial charge in [0.25, 0.3) is 0 Å². The van der Waals surface area contributed by atoms with Crippen molar-refractivity contribution in [3.63, 3.8) is 0 Å². The van der Waals surface area contributed by atoms with Crippen molar-refractivity contribution in [1.82, 2.24) is 10.3 Å². The molecule has 0 spiro atoms. The van der Waals surface area contributed by atoms with E-state index in [9.17, 15) is 14.3 Å². The van der Waals surface area contributed by atoms with Gasteiger partial charge in [0.15, 0.2) is 11.5 Å². The number of fused-ring (bicyclic) bond motifs is 1. The Balaban J connectivity index is 1.40. The fourth-order valence-electron chi connectivity index (χ4n) is 3.69. The number of carboxylic acid groups (broad SMARTS) is 1. The smallest absolute Gasteiger partial charge is 0.321 e. The summed E-state index contributed by atoms with van der Waals surface area (Å²) in [4.78, 5) is 15.0. The third kappa shape index (κ3) is 5.51. The van der Waals surface area contributed by atoms with Crippen molar-refractivity contribution in [3.8, 4) is 11.5 Å². The van der Waals surface area contributed by atoms with E-state index < -0.39 is 12.0 Å². The SMILES string of the molecule is COc1cc(CN[C@H](Cc2c[nH]c3ccccc23)C(=O)O)ccc1OCc1ccc(F)cc1. The van der Waals surface area contributed by atoms with Crippen LogP contribution in [0.2, 0.25) is 0 Å². The van der Waals surface area contributed by atoms with Crippen LogP contribution < -0.4 is 14.8 Å². The van der Waals surface area contributed by atoms with Gasteiger partial charge in [-0.2, -0.15) is 0 Å². The molecule has 1 atom stereocenters. The number of aliphatic carboxylic acids is 1. The quantitative estimate of drug-likeness (QED) is 0.328. The Bertz CT molecular complexity index is 1240. The molecule has 4 rings (SSSR count). The molecular weight excluding hydrogens is 423 g/mol. The average Bonchev–Trinajstić information content (AvgIpc) is 3.24. The van der Waals surface area contributed by atoms with Crippen molar-refractivity contribution in [2.75, 3.05) is 7.11 Å². The van der Waals surface area contributed by atoms with Gasteiger partial charge in [0.05, 0.1) is 7.11 Å². The fourth-order valence-corrected chi connectivity index (χ4v) is 3.69. The minimum atomic E-state index is -0.911. The number of aromatic amines is 1. The zero-order chi connectivity index (χ0) is 23.2. The van der Waals surface area contributed by atoms with Crippen LogP contribution in [0.5, 0.6) is 11.5 Å². The van der Waals surface area contributed by atoms with Gasteiger partial charge < -0.3 is 24.9 Å². The molecule has 0 fully saturated rings. The van der Waals surface area contributed by atoms with Crippen LogP contribution in [0.4, 0.5) is 4.39 Å². The van der Waals surface area contributed by atoms with E-state index in [-0.39, 0.29) is 12.4 Å². The molecule has 33 heavy (non-hydrogen) atoms. The van der Waals surface area contributed by atoms with E-state index in [4.69, 9.17) is 9.47 Å². The second-order valence-electron chi connectivity index (χ2n) is 7.74. The van der Waals surface area contributed by atoms with Gasteiger partial charge >= 0.3 is 5.97 Å². The number of hydrogen-bond donors (Lipinski definition) is 3. The van der Waals surface area contributed by atoms with Crippen LogP contribution in [0.25, 0.3) is 10.9 Å². The molecule has 3 N–H and O–H groups in total. The summed E-state index contributed by atoms with van der Waals surface area (Å²) in [6.07, 6.45) is 2.22. The number of rotatable bonds is 10. The summed E-state index contributed by atoms with van der Waals surface area (Å²) >= 11 is 0. The van der Waals surface area contributed by atoms with Gasteiger partial charge in [-0.1, -0.05) is 36.4 Å².